The van der Waals surface area contributed by atoms with E-state index in [4.69, 9.17) is 10.5 Å². The molecule has 10 heteroatoms. The first-order valence-corrected chi connectivity index (χ1v) is 11.6. The van der Waals surface area contributed by atoms with Gasteiger partial charge in [0.1, 0.15) is 17.0 Å². The molecule has 0 spiro atoms. The number of carbonyl (C=O) groups is 1. The highest BCUT2D eigenvalue weighted by Gasteiger charge is 2.48. The third kappa shape index (κ3) is 6.46. The van der Waals surface area contributed by atoms with Crippen LogP contribution in [-0.4, -0.2) is 29.5 Å². The van der Waals surface area contributed by atoms with E-state index in [9.17, 15) is 26.7 Å². The molecule has 36 heavy (non-hydrogen) atoms. The fourth-order valence-electron chi connectivity index (χ4n) is 4.54. The van der Waals surface area contributed by atoms with E-state index >= 15 is 0 Å². The van der Waals surface area contributed by atoms with E-state index in [0.29, 0.717) is 25.3 Å². The lowest BCUT2D eigenvalue weighted by Crippen LogP contribution is -2.63. The van der Waals surface area contributed by atoms with Crippen LogP contribution in [-0.2, 0) is 22.7 Å². The second kappa shape index (κ2) is 9.88. The van der Waals surface area contributed by atoms with Crippen LogP contribution in [0.3, 0.4) is 0 Å². The average molecular weight is 515 g/mol. The Morgan fingerprint density at radius 1 is 1.06 bits per heavy atom. The van der Waals surface area contributed by atoms with Crippen molar-refractivity contribution >= 4 is 6.09 Å². The normalized spacial score (nSPS) is 21.3. The van der Waals surface area contributed by atoms with Crippen molar-refractivity contribution in [2.45, 2.75) is 70.5 Å². The Kier molecular flexibility index (Phi) is 7.60. The molecule has 2 N–H and O–H groups in total. The summed E-state index contributed by atoms with van der Waals surface area (Å²) in [4.78, 5) is 14.6. The van der Waals surface area contributed by atoms with Crippen LogP contribution in [0.25, 0.3) is 0 Å². The van der Waals surface area contributed by atoms with Gasteiger partial charge < -0.3 is 15.2 Å². The maximum absolute atomic E-state index is 14.1. The molecule has 0 radical (unpaired) electrons. The van der Waals surface area contributed by atoms with Crippen LogP contribution in [0, 0.1) is 5.92 Å². The Hall–Kier alpha value is -2.88. The number of carbonyl (C=O) groups excluding carboxylic acids is 1. The van der Waals surface area contributed by atoms with E-state index in [1.165, 1.54) is 4.90 Å². The van der Waals surface area contributed by atoms with Crippen LogP contribution in [0.5, 0.6) is 5.75 Å². The Labute approximate surface area is 207 Å². The van der Waals surface area contributed by atoms with Crippen molar-refractivity contribution in [3.05, 3.63) is 65.2 Å². The van der Waals surface area contributed by atoms with Gasteiger partial charge >= 0.3 is 12.5 Å². The highest BCUT2D eigenvalue weighted by molar-refractivity contribution is 5.70. The van der Waals surface area contributed by atoms with Gasteiger partial charge in [0, 0.05) is 24.9 Å². The zero-order valence-corrected chi connectivity index (χ0v) is 20.7. The standard InChI is InChI=1S/C26H31F5N2O3/c1-23(2,3)36-22(34)33-14-8-11-20(25(33,32)18-9-6-5-7-10-18)16-17-15-19(24(4,27)28)12-13-21(17)35-26(29,30)31/h5-7,9-10,12-13,15,20H,8,11,14,16,32H2,1-4H3/t20-,25+/m0/s1. The second-order valence-corrected chi connectivity index (χ2v) is 10.1. The molecular weight excluding hydrogens is 483 g/mol. The van der Waals surface area contributed by atoms with Crippen molar-refractivity contribution < 1.29 is 36.2 Å². The van der Waals surface area contributed by atoms with Crippen molar-refractivity contribution in [1.82, 2.24) is 4.90 Å². The number of rotatable bonds is 5. The molecule has 1 amide bonds. The Morgan fingerprint density at radius 3 is 2.25 bits per heavy atom. The first kappa shape index (κ1) is 27.7. The molecule has 2 atom stereocenters. The molecular formula is C26H31F5N2O3. The van der Waals surface area contributed by atoms with Gasteiger partial charge in [0.2, 0.25) is 0 Å². The maximum Gasteiger partial charge on any atom is 0.573 e. The summed E-state index contributed by atoms with van der Waals surface area (Å²) in [5.74, 6) is -4.49. The minimum atomic E-state index is -5.01. The summed E-state index contributed by atoms with van der Waals surface area (Å²) in [7, 11) is 0. The van der Waals surface area contributed by atoms with Crippen LogP contribution < -0.4 is 10.5 Å². The molecule has 1 saturated heterocycles. The highest BCUT2D eigenvalue weighted by Crippen LogP contribution is 2.43. The van der Waals surface area contributed by atoms with Crippen molar-refractivity contribution in [2.24, 2.45) is 11.7 Å². The Bertz CT molecular complexity index is 1060. The van der Waals surface area contributed by atoms with E-state index in [-0.39, 0.29) is 18.5 Å². The van der Waals surface area contributed by atoms with Crippen molar-refractivity contribution in [2.75, 3.05) is 6.54 Å². The van der Waals surface area contributed by atoms with E-state index in [2.05, 4.69) is 4.74 Å². The molecule has 1 fully saturated rings. The maximum atomic E-state index is 14.1. The summed E-state index contributed by atoms with van der Waals surface area (Å²) < 4.78 is 77.2. The second-order valence-electron chi connectivity index (χ2n) is 10.1. The van der Waals surface area contributed by atoms with E-state index < -0.39 is 46.9 Å². The first-order valence-electron chi connectivity index (χ1n) is 11.6. The molecule has 2 aromatic rings. The van der Waals surface area contributed by atoms with Crippen molar-refractivity contribution in [3.63, 3.8) is 0 Å². The molecule has 0 aliphatic carbocycles. The topological polar surface area (TPSA) is 64.8 Å². The number of amides is 1. The van der Waals surface area contributed by atoms with Gasteiger partial charge in [0.15, 0.2) is 0 Å². The first-order chi connectivity index (χ1) is 16.5. The summed E-state index contributed by atoms with van der Waals surface area (Å²) in [5, 5.41) is 0. The van der Waals surface area contributed by atoms with Gasteiger partial charge in [-0.15, -0.1) is 13.2 Å². The quantitative estimate of drug-likeness (QED) is 0.451. The molecule has 2 aromatic carbocycles. The van der Waals surface area contributed by atoms with Crippen LogP contribution in [0.1, 0.15) is 57.2 Å². The zero-order valence-electron chi connectivity index (χ0n) is 20.7. The molecule has 0 saturated carbocycles. The summed E-state index contributed by atoms with van der Waals surface area (Å²) >= 11 is 0. The third-order valence-electron chi connectivity index (χ3n) is 6.11. The van der Waals surface area contributed by atoms with Crippen molar-refractivity contribution in [3.8, 4) is 5.75 Å². The number of alkyl halides is 5. The fourth-order valence-corrected chi connectivity index (χ4v) is 4.54. The predicted octanol–water partition coefficient (Wildman–Crippen LogP) is 6.70. The van der Waals surface area contributed by atoms with Crippen molar-refractivity contribution in [1.29, 1.82) is 0 Å². The molecule has 0 bridgehead atoms. The number of ether oxygens (including phenoxy) is 2. The number of nitrogens with two attached hydrogens (primary N) is 1. The van der Waals surface area contributed by atoms with E-state index in [0.717, 1.165) is 18.2 Å². The smallest absolute Gasteiger partial charge is 0.444 e. The number of likely N-dealkylation sites (tertiary alicyclic amines) is 1. The minimum Gasteiger partial charge on any atom is -0.444 e. The van der Waals surface area contributed by atoms with Gasteiger partial charge in [-0.3, -0.25) is 4.90 Å². The van der Waals surface area contributed by atoms with Crippen LogP contribution in [0.2, 0.25) is 0 Å². The minimum absolute atomic E-state index is 0.0758. The predicted molar refractivity (Wildman–Crippen MR) is 124 cm³/mol. The molecule has 1 heterocycles. The van der Waals surface area contributed by atoms with Crippen LogP contribution in [0.15, 0.2) is 48.5 Å². The van der Waals surface area contributed by atoms with Gasteiger partial charge in [-0.1, -0.05) is 30.3 Å². The number of benzene rings is 2. The molecule has 1 aliphatic rings. The molecule has 0 unspecified atom stereocenters. The number of hydrogen-bond donors (Lipinski definition) is 1. The summed E-state index contributed by atoms with van der Waals surface area (Å²) in [5.41, 5.74) is 4.70. The Balaban J connectivity index is 2.10. The molecule has 0 aromatic heterocycles. The summed E-state index contributed by atoms with van der Waals surface area (Å²) in [6.45, 7) is 6.06. The van der Waals surface area contributed by atoms with Gasteiger partial charge in [-0.2, -0.15) is 0 Å². The van der Waals surface area contributed by atoms with E-state index in [1.807, 2.05) is 0 Å². The van der Waals surface area contributed by atoms with Gasteiger partial charge in [0.25, 0.3) is 5.92 Å². The molecule has 3 rings (SSSR count). The lowest BCUT2D eigenvalue weighted by Gasteiger charge is -2.50. The molecule has 1 aliphatic heterocycles. The zero-order chi connectivity index (χ0) is 26.9. The summed E-state index contributed by atoms with van der Waals surface area (Å²) in [6.07, 6.45) is -4.89. The van der Waals surface area contributed by atoms with Gasteiger partial charge in [0.05, 0.1) is 0 Å². The van der Waals surface area contributed by atoms with Gasteiger partial charge in [-0.25, -0.2) is 13.6 Å². The SMILES string of the molecule is CC(C)(C)OC(=O)N1CCC[C@@H](Cc2cc(C(C)(F)F)ccc2OC(F)(F)F)[C@@]1(N)c1ccccc1. The highest BCUT2D eigenvalue weighted by atomic mass is 19.4. The van der Waals surface area contributed by atoms with Crippen LogP contribution in [0.4, 0.5) is 26.7 Å². The molecule has 5 nitrogen and oxygen atoms in total. The number of piperidine rings is 1. The van der Waals surface area contributed by atoms with E-state index in [1.54, 1.807) is 51.1 Å². The third-order valence-corrected chi connectivity index (χ3v) is 6.11. The average Bonchev–Trinajstić information content (AvgIpc) is 2.74. The monoisotopic (exact) mass is 514 g/mol. The lowest BCUT2D eigenvalue weighted by atomic mass is 9.75. The lowest BCUT2D eigenvalue weighted by molar-refractivity contribution is -0.275. The number of hydrogen-bond acceptors (Lipinski definition) is 4. The van der Waals surface area contributed by atoms with Gasteiger partial charge in [-0.05, 0) is 69.4 Å². The van der Waals surface area contributed by atoms with Crippen LogP contribution >= 0.6 is 0 Å². The number of halogens is 5. The largest absolute Gasteiger partial charge is 0.573 e. The number of nitrogens with zero attached hydrogens (tertiary/aromatic N) is 1. The molecule has 198 valence electrons. The summed E-state index contributed by atoms with van der Waals surface area (Å²) in [6, 6.07) is 11.5. The fraction of sp³-hybridized carbons (Fsp3) is 0.500. The Morgan fingerprint density at radius 2 is 1.69 bits per heavy atom.